The number of nitro groups is 1. The molecule has 1 aromatic carbocycles. The zero-order chi connectivity index (χ0) is 16.7. The van der Waals surface area contributed by atoms with Gasteiger partial charge in [-0.1, -0.05) is 0 Å². The van der Waals surface area contributed by atoms with E-state index in [4.69, 9.17) is 9.47 Å². The second-order valence-electron chi connectivity index (χ2n) is 4.52. The fourth-order valence-corrected chi connectivity index (χ4v) is 1.83. The van der Waals surface area contributed by atoms with Crippen LogP contribution in [0.25, 0.3) is 0 Å². The van der Waals surface area contributed by atoms with Crippen LogP contribution in [-0.4, -0.2) is 36.8 Å². The average Bonchev–Trinajstić information content (AvgIpc) is 2.50. The second kappa shape index (κ2) is 8.18. The van der Waals surface area contributed by atoms with E-state index in [0.717, 1.165) is 0 Å². The van der Waals surface area contributed by atoms with E-state index < -0.39 is 11.0 Å². The predicted octanol–water partition coefficient (Wildman–Crippen LogP) is 1.99. The largest absolute Gasteiger partial charge is 0.493 e. The first kappa shape index (κ1) is 17.7. The fourth-order valence-electron chi connectivity index (χ4n) is 1.83. The Balaban J connectivity index is 2.91. The third-order valence-electron chi connectivity index (χ3n) is 2.97. The number of hydrogen-bond donors (Lipinski definition) is 1. The summed E-state index contributed by atoms with van der Waals surface area (Å²) in [5, 5.41) is 20.7. The van der Waals surface area contributed by atoms with Crippen LogP contribution in [0.3, 0.4) is 0 Å². The van der Waals surface area contributed by atoms with Crippen molar-refractivity contribution in [3.05, 3.63) is 27.8 Å². The molecule has 8 nitrogen and oxygen atoms in total. The highest BCUT2D eigenvalue weighted by Crippen LogP contribution is 2.37. The first-order chi connectivity index (χ1) is 10.4. The van der Waals surface area contributed by atoms with Gasteiger partial charge in [0.2, 0.25) is 0 Å². The number of esters is 1. The predicted molar refractivity (Wildman–Crippen MR) is 77.0 cm³/mol. The molecule has 1 unspecified atom stereocenters. The molecule has 8 heteroatoms. The van der Waals surface area contributed by atoms with Crippen molar-refractivity contribution in [2.75, 3.05) is 20.8 Å². The quantitative estimate of drug-likeness (QED) is 0.338. The van der Waals surface area contributed by atoms with Gasteiger partial charge in [-0.25, -0.2) is 0 Å². The highest BCUT2D eigenvalue weighted by Gasteiger charge is 2.22. The van der Waals surface area contributed by atoms with Gasteiger partial charge in [-0.3, -0.25) is 14.9 Å². The Morgan fingerprint density at radius 2 is 2.05 bits per heavy atom. The summed E-state index contributed by atoms with van der Waals surface area (Å²) in [6.07, 6.45) is -0.420. The van der Waals surface area contributed by atoms with Gasteiger partial charge in [0.05, 0.1) is 43.5 Å². The summed E-state index contributed by atoms with van der Waals surface area (Å²) in [7, 11) is 2.69. The SMILES string of the molecule is COC(=O)CCCOc1cc([N+](=O)[O-])c(C(C)O)cc1OC. The first-order valence-electron chi connectivity index (χ1n) is 6.64. The molecule has 0 radical (unpaired) electrons. The molecule has 0 fully saturated rings. The number of aliphatic hydroxyl groups excluding tert-OH is 1. The zero-order valence-electron chi connectivity index (χ0n) is 12.7. The molecule has 0 saturated heterocycles. The number of carbonyl (C=O) groups excluding carboxylic acids is 1. The highest BCUT2D eigenvalue weighted by atomic mass is 16.6. The summed E-state index contributed by atoms with van der Waals surface area (Å²) in [4.78, 5) is 21.5. The van der Waals surface area contributed by atoms with Crippen molar-refractivity contribution in [1.82, 2.24) is 0 Å². The molecule has 1 atom stereocenters. The van der Waals surface area contributed by atoms with Gasteiger partial charge in [0.15, 0.2) is 11.5 Å². The zero-order valence-corrected chi connectivity index (χ0v) is 12.7. The summed E-state index contributed by atoms with van der Waals surface area (Å²) < 4.78 is 15.1. The molecule has 0 amide bonds. The maximum Gasteiger partial charge on any atom is 0.305 e. The Bertz CT molecular complexity index is 542. The average molecular weight is 313 g/mol. The van der Waals surface area contributed by atoms with E-state index in [0.29, 0.717) is 6.42 Å². The Labute approximate surface area is 127 Å². The maximum atomic E-state index is 11.1. The van der Waals surface area contributed by atoms with Gasteiger partial charge >= 0.3 is 5.97 Å². The Morgan fingerprint density at radius 1 is 1.36 bits per heavy atom. The molecule has 22 heavy (non-hydrogen) atoms. The van der Waals surface area contributed by atoms with Crippen LogP contribution < -0.4 is 9.47 Å². The molecular formula is C14H19NO7. The third kappa shape index (κ3) is 4.59. The van der Waals surface area contributed by atoms with Crippen molar-refractivity contribution in [1.29, 1.82) is 0 Å². The summed E-state index contributed by atoms with van der Waals surface area (Å²) in [6.45, 7) is 1.61. The minimum absolute atomic E-state index is 0.142. The van der Waals surface area contributed by atoms with E-state index in [1.54, 1.807) is 0 Å². The number of methoxy groups -OCH3 is 2. The van der Waals surface area contributed by atoms with Crippen molar-refractivity contribution in [2.24, 2.45) is 0 Å². The summed E-state index contributed by atoms with van der Waals surface area (Å²) in [5.74, 6) is 0.106. The van der Waals surface area contributed by atoms with Crippen LogP contribution in [-0.2, 0) is 9.53 Å². The minimum atomic E-state index is -1.01. The first-order valence-corrected chi connectivity index (χ1v) is 6.64. The van der Waals surface area contributed by atoms with Crippen molar-refractivity contribution < 1.29 is 29.0 Å². The van der Waals surface area contributed by atoms with Gasteiger partial charge in [0.25, 0.3) is 5.69 Å². The number of ether oxygens (including phenoxy) is 3. The number of aliphatic hydroxyl groups is 1. The molecule has 122 valence electrons. The molecule has 0 aromatic heterocycles. The number of hydrogen-bond acceptors (Lipinski definition) is 7. The van der Waals surface area contributed by atoms with Crippen LogP contribution in [0.1, 0.15) is 31.4 Å². The van der Waals surface area contributed by atoms with Crippen LogP contribution >= 0.6 is 0 Å². The van der Waals surface area contributed by atoms with Gasteiger partial charge in [-0.05, 0) is 19.4 Å². The molecule has 0 bridgehead atoms. The van der Waals surface area contributed by atoms with E-state index >= 15 is 0 Å². The standard InChI is InChI=1S/C14H19NO7/c1-9(16)10-7-12(20-2)13(8-11(10)15(18)19)22-6-4-5-14(17)21-3/h7-9,16H,4-6H2,1-3H3. The molecular weight excluding hydrogens is 294 g/mol. The summed E-state index contributed by atoms with van der Waals surface area (Å²) in [5.41, 5.74) is -0.109. The summed E-state index contributed by atoms with van der Waals surface area (Å²) >= 11 is 0. The van der Waals surface area contributed by atoms with E-state index in [2.05, 4.69) is 4.74 Å². The topological polar surface area (TPSA) is 108 Å². The lowest BCUT2D eigenvalue weighted by Crippen LogP contribution is -2.06. The maximum absolute atomic E-state index is 11.1. The van der Waals surface area contributed by atoms with Crippen molar-refractivity contribution in [3.63, 3.8) is 0 Å². The Morgan fingerprint density at radius 3 is 2.55 bits per heavy atom. The lowest BCUT2D eigenvalue weighted by atomic mass is 10.1. The normalized spacial score (nSPS) is 11.6. The molecule has 0 aliphatic heterocycles. The smallest absolute Gasteiger partial charge is 0.305 e. The van der Waals surface area contributed by atoms with Gasteiger partial charge in [0, 0.05) is 6.42 Å². The van der Waals surface area contributed by atoms with Gasteiger partial charge in [0.1, 0.15) is 0 Å². The lowest BCUT2D eigenvalue weighted by Gasteiger charge is -2.13. The number of benzene rings is 1. The molecule has 0 saturated carbocycles. The fraction of sp³-hybridized carbons (Fsp3) is 0.500. The van der Waals surface area contributed by atoms with E-state index in [1.165, 1.54) is 33.3 Å². The van der Waals surface area contributed by atoms with Crippen LogP contribution in [0.15, 0.2) is 12.1 Å². The number of carbonyl (C=O) groups is 1. The highest BCUT2D eigenvalue weighted by molar-refractivity contribution is 5.69. The van der Waals surface area contributed by atoms with E-state index in [9.17, 15) is 20.0 Å². The third-order valence-corrected chi connectivity index (χ3v) is 2.97. The van der Waals surface area contributed by atoms with E-state index in [1.807, 2.05) is 0 Å². The van der Waals surface area contributed by atoms with Gasteiger partial charge in [-0.2, -0.15) is 0 Å². The monoisotopic (exact) mass is 313 g/mol. The lowest BCUT2D eigenvalue weighted by molar-refractivity contribution is -0.386. The van der Waals surface area contributed by atoms with Crippen molar-refractivity contribution >= 4 is 11.7 Å². The molecule has 0 aliphatic rings. The van der Waals surface area contributed by atoms with Crippen molar-refractivity contribution in [2.45, 2.75) is 25.9 Å². The number of rotatable bonds is 8. The molecule has 0 spiro atoms. The number of nitrogens with zero attached hydrogens (tertiary/aromatic N) is 1. The van der Waals surface area contributed by atoms with E-state index in [-0.39, 0.29) is 41.7 Å². The molecule has 0 heterocycles. The van der Waals surface area contributed by atoms with Crippen LogP contribution in [0.5, 0.6) is 11.5 Å². The molecule has 1 rings (SSSR count). The molecule has 1 aromatic rings. The van der Waals surface area contributed by atoms with Crippen LogP contribution in [0, 0.1) is 10.1 Å². The van der Waals surface area contributed by atoms with Gasteiger partial charge < -0.3 is 19.3 Å². The van der Waals surface area contributed by atoms with Crippen molar-refractivity contribution in [3.8, 4) is 11.5 Å². The second-order valence-corrected chi connectivity index (χ2v) is 4.52. The molecule has 0 aliphatic carbocycles. The Kier molecular flexibility index (Phi) is 6.58. The Hall–Kier alpha value is -2.35. The summed E-state index contributed by atoms with van der Waals surface area (Å²) in [6, 6.07) is 2.58. The molecule has 1 N–H and O–H groups in total. The van der Waals surface area contributed by atoms with Crippen LogP contribution in [0.4, 0.5) is 5.69 Å². The number of nitro benzene ring substituents is 1. The minimum Gasteiger partial charge on any atom is -0.493 e. The van der Waals surface area contributed by atoms with Gasteiger partial charge in [-0.15, -0.1) is 0 Å². The van der Waals surface area contributed by atoms with Crippen LogP contribution in [0.2, 0.25) is 0 Å².